The molecule has 0 bridgehead atoms. The van der Waals surface area contributed by atoms with Crippen molar-refractivity contribution in [2.75, 3.05) is 18.0 Å². The third kappa shape index (κ3) is 2.41. The third-order valence-electron chi connectivity index (χ3n) is 3.92. The van der Waals surface area contributed by atoms with Crippen molar-refractivity contribution < 1.29 is 17.7 Å². The smallest absolute Gasteiger partial charge is 0.203 e. The average Bonchev–Trinajstić information content (AvgIpc) is 2.81. The number of fused-ring (bicyclic) bond motifs is 1. The molecule has 0 spiro atoms. The van der Waals surface area contributed by atoms with E-state index in [2.05, 4.69) is 50.5 Å². The molecule has 21 heavy (non-hydrogen) atoms. The van der Waals surface area contributed by atoms with Crippen LogP contribution in [-0.2, 0) is 0 Å². The lowest BCUT2D eigenvalue weighted by molar-refractivity contribution is -0.464. The third-order valence-corrected chi connectivity index (χ3v) is 3.92. The summed E-state index contributed by atoms with van der Waals surface area (Å²) in [5, 5.41) is 2.22. The van der Waals surface area contributed by atoms with Crippen molar-refractivity contribution in [1.82, 2.24) is 9.97 Å². The Balaban J connectivity index is 0.00000132. The summed E-state index contributed by atoms with van der Waals surface area (Å²) in [6.45, 7) is 4.19. The molecule has 0 amide bonds. The SMILES string of the molecule is Cc1nc2c(c(N3CCC3)n1)[NH2+]C(c1ccccc1)=C2.[Cl-]. The van der Waals surface area contributed by atoms with E-state index in [1.807, 2.05) is 13.0 Å². The van der Waals surface area contributed by atoms with Crippen molar-refractivity contribution in [2.45, 2.75) is 13.3 Å². The lowest BCUT2D eigenvalue weighted by Crippen LogP contribution is -3.00. The molecule has 0 unspecified atom stereocenters. The number of aryl methyl sites for hydroxylation is 1. The van der Waals surface area contributed by atoms with Crippen LogP contribution in [0.1, 0.15) is 23.5 Å². The van der Waals surface area contributed by atoms with Crippen molar-refractivity contribution in [1.29, 1.82) is 0 Å². The summed E-state index contributed by atoms with van der Waals surface area (Å²) in [7, 11) is 0. The largest absolute Gasteiger partial charge is 1.00 e. The standard InChI is InChI=1S/C16H16N4.ClH/c1-11-17-14-10-13(12-6-3-2-4-7-12)19-15(14)16(18-11)20-8-5-9-20;/h2-4,6-7,10,19H,5,8-9H2,1H3;1H. The molecule has 2 aliphatic rings. The first-order valence-electron chi connectivity index (χ1n) is 7.07. The molecule has 108 valence electrons. The number of halogens is 1. The predicted octanol–water partition coefficient (Wildman–Crippen LogP) is -1.29. The number of aromatic nitrogens is 2. The molecule has 2 N–H and O–H groups in total. The maximum atomic E-state index is 4.65. The zero-order valence-electron chi connectivity index (χ0n) is 11.9. The second kappa shape index (κ2) is 5.47. The average molecular weight is 301 g/mol. The van der Waals surface area contributed by atoms with Gasteiger partial charge in [-0.2, -0.15) is 0 Å². The molecular formula is C16H17ClN4. The maximum absolute atomic E-state index is 4.65. The van der Waals surface area contributed by atoms with Crippen LogP contribution in [0.15, 0.2) is 30.3 Å². The fraction of sp³-hybridized carbons (Fsp3) is 0.250. The molecule has 2 aromatic rings. The molecule has 0 atom stereocenters. The molecular weight excluding hydrogens is 284 g/mol. The van der Waals surface area contributed by atoms with Crippen molar-refractivity contribution >= 4 is 23.3 Å². The zero-order valence-corrected chi connectivity index (χ0v) is 12.6. The molecule has 4 rings (SSSR count). The van der Waals surface area contributed by atoms with Crippen LogP contribution in [0.25, 0.3) is 11.8 Å². The van der Waals surface area contributed by atoms with E-state index in [4.69, 9.17) is 0 Å². The fourth-order valence-corrected chi connectivity index (χ4v) is 2.75. The first kappa shape index (κ1) is 14.0. The fourth-order valence-electron chi connectivity index (χ4n) is 2.75. The highest BCUT2D eigenvalue weighted by molar-refractivity contribution is 5.86. The van der Waals surface area contributed by atoms with Gasteiger partial charge in [0.25, 0.3) is 0 Å². The van der Waals surface area contributed by atoms with Gasteiger partial charge in [0, 0.05) is 24.7 Å². The summed E-state index contributed by atoms with van der Waals surface area (Å²) in [5.74, 6) is 1.95. The summed E-state index contributed by atoms with van der Waals surface area (Å²) in [6, 6.07) is 10.5. The van der Waals surface area contributed by atoms with Gasteiger partial charge in [0.05, 0.1) is 0 Å². The molecule has 1 aromatic heterocycles. The Kier molecular flexibility index (Phi) is 3.66. The monoisotopic (exact) mass is 300 g/mol. The van der Waals surface area contributed by atoms with Crippen LogP contribution < -0.4 is 22.6 Å². The van der Waals surface area contributed by atoms with Crippen LogP contribution in [-0.4, -0.2) is 23.1 Å². The first-order chi connectivity index (χ1) is 9.81. The van der Waals surface area contributed by atoms with Gasteiger partial charge in [0.2, 0.25) is 5.69 Å². The Morgan fingerprint density at radius 1 is 1.10 bits per heavy atom. The highest BCUT2D eigenvalue weighted by Gasteiger charge is 2.30. The van der Waals surface area contributed by atoms with E-state index in [1.165, 1.54) is 23.4 Å². The van der Waals surface area contributed by atoms with Gasteiger partial charge in [-0.15, -0.1) is 0 Å². The van der Waals surface area contributed by atoms with Gasteiger partial charge in [-0.1, -0.05) is 18.2 Å². The molecule has 1 saturated heterocycles. The van der Waals surface area contributed by atoms with Gasteiger partial charge < -0.3 is 17.3 Å². The Bertz CT molecular complexity index is 693. The van der Waals surface area contributed by atoms with Crippen LogP contribution in [0, 0.1) is 6.92 Å². The number of rotatable bonds is 2. The minimum atomic E-state index is 0. The van der Waals surface area contributed by atoms with Gasteiger partial charge in [-0.3, -0.25) is 5.32 Å². The Morgan fingerprint density at radius 2 is 1.86 bits per heavy atom. The quantitative estimate of drug-likeness (QED) is 0.750. The number of hydrogen-bond donors (Lipinski definition) is 1. The minimum absolute atomic E-state index is 0. The van der Waals surface area contributed by atoms with E-state index >= 15 is 0 Å². The summed E-state index contributed by atoms with van der Waals surface area (Å²) < 4.78 is 0. The van der Waals surface area contributed by atoms with Crippen LogP contribution in [0.2, 0.25) is 0 Å². The van der Waals surface area contributed by atoms with Crippen LogP contribution in [0.5, 0.6) is 0 Å². The second-order valence-corrected chi connectivity index (χ2v) is 5.34. The number of benzene rings is 1. The number of nitrogens with zero attached hydrogens (tertiary/aromatic N) is 3. The Labute approximate surface area is 130 Å². The molecule has 0 saturated carbocycles. The van der Waals surface area contributed by atoms with E-state index < -0.39 is 0 Å². The molecule has 4 nitrogen and oxygen atoms in total. The molecule has 2 aliphatic heterocycles. The second-order valence-electron chi connectivity index (χ2n) is 5.34. The van der Waals surface area contributed by atoms with E-state index in [1.54, 1.807) is 0 Å². The number of nitrogens with two attached hydrogens (primary N) is 1. The van der Waals surface area contributed by atoms with Gasteiger partial charge in [0.1, 0.15) is 17.2 Å². The van der Waals surface area contributed by atoms with Crippen molar-refractivity contribution in [3.8, 4) is 0 Å². The first-order valence-corrected chi connectivity index (χ1v) is 7.07. The Morgan fingerprint density at radius 3 is 2.52 bits per heavy atom. The number of anilines is 1. The molecule has 3 heterocycles. The molecule has 1 fully saturated rings. The van der Waals surface area contributed by atoms with Gasteiger partial charge in [-0.25, -0.2) is 9.97 Å². The van der Waals surface area contributed by atoms with Gasteiger partial charge >= 0.3 is 0 Å². The lowest BCUT2D eigenvalue weighted by Gasteiger charge is -2.32. The van der Waals surface area contributed by atoms with Crippen LogP contribution >= 0.6 is 0 Å². The van der Waals surface area contributed by atoms with E-state index in [9.17, 15) is 0 Å². The number of hydrogen-bond acceptors (Lipinski definition) is 3. The maximum Gasteiger partial charge on any atom is 0.203 e. The van der Waals surface area contributed by atoms with Crippen LogP contribution in [0.3, 0.4) is 0 Å². The molecule has 5 heteroatoms. The summed E-state index contributed by atoms with van der Waals surface area (Å²) in [6.07, 6.45) is 3.43. The number of quaternary nitrogens is 1. The normalized spacial score (nSPS) is 15.9. The van der Waals surface area contributed by atoms with Crippen molar-refractivity contribution in [3.05, 3.63) is 47.4 Å². The van der Waals surface area contributed by atoms with Crippen molar-refractivity contribution in [3.63, 3.8) is 0 Å². The topological polar surface area (TPSA) is 45.6 Å². The van der Waals surface area contributed by atoms with E-state index in [0.717, 1.165) is 30.4 Å². The molecule has 1 aromatic carbocycles. The van der Waals surface area contributed by atoms with Crippen molar-refractivity contribution in [2.24, 2.45) is 0 Å². The Hall–Kier alpha value is -1.91. The van der Waals surface area contributed by atoms with Crippen LogP contribution in [0.4, 0.5) is 11.5 Å². The molecule has 0 radical (unpaired) electrons. The highest BCUT2D eigenvalue weighted by atomic mass is 35.5. The van der Waals surface area contributed by atoms with E-state index in [-0.39, 0.29) is 12.4 Å². The summed E-state index contributed by atoms with van der Waals surface area (Å²) in [4.78, 5) is 11.6. The van der Waals surface area contributed by atoms with Gasteiger partial charge in [-0.05, 0) is 25.5 Å². The minimum Gasteiger partial charge on any atom is -1.00 e. The molecule has 0 aliphatic carbocycles. The lowest BCUT2D eigenvalue weighted by atomic mass is 10.1. The zero-order chi connectivity index (χ0) is 13.5. The summed E-state index contributed by atoms with van der Waals surface area (Å²) >= 11 is 0. The van der Waals surface area contributed by atoms with Gasteiger partial charge in [0.15, 0.2) is 5.82 Å². The highest BCUT2D eigenvalue weighted by Crippen LogP contribution is 2.31. The predicted molar refractivity (Wildman–Crippen MR) is 79.5 cm³/mol. The summed E-state index contributed by atoms with van der Waals surface area (Å²) in [5.41, 5.74) is 4.69. The van der Waals surface area contributed by atoms with E-state index in [0.29, 0.717) is 0 Å².